The molecular formula is C28H39NO. The molecule has 2 aromatic carbocycles. The van der Waals surface area contributed by atoms with Crippen LogP contribution in [-0.2, 0) is 0 Å². The lowest BCUT2D eigenvalue weighted by Gasteiger charge is -2.29. The van der Waals surface area contributed by atoms with Gasteiger partial charge in [0.15, 0.2) is 0 Å². The number of nitrogens with zero attached hydrogens (tertiary/aromatic N) is 1. The zero-order valence-corrected chi connectivity index (χ0v) is 19.2. The number of hydrogen-bond acceptors (Lipinski definition) is 2. The van der Waals surface area contributed by atoms with Gasteiger partial charge in [0.05, 0.1) is 6.61 Å². The second-order valence-corrected chi connectivity index (χ2v) is 7.75. The van der Waals surface area contributed by atoms with Crippen molar-refractivity contribution in [1.29, 1.82) is 0 Å². The van der Waals surface area contributed by atoms with Gasteiger partial charge in [-0.05, 0) is 48.6 Å². The maximum absolute atomic E-state index is 5.88. The van der Waals surface area contributed by atoms with Crippen LogP contribution in [-0.4, -0.2) is 24.6 Å². The van der Waals surface area contributed by atoms with E-state index in [0.717, 1.165) is 38.3 Å². The van der Waals surface area contributed by atoms with Crippen molar-refractivity contribution < 1.29 is 4.74 Å². The Balaban J connectivity index is 2.47. The first-order valence-corrected chi connectivity index (χ1v) is 11.6. The van der Waals surface area contributed by atoms with Gasteiger partial charge in [-0.25, -0.2) is 0 Å². The van der Waals surface area contributed by atoms with Gasteiger partial charge in [-0.3, -0.25) is 0 Å². The molecule has 0 bridgehead atoms. The number of ether oxygens (including phenoxy) is 1. The average molecular weight is 406 g/mol. The summed E-state index contributed by atoms with van der Waals surface area (Å²) in [5, 5.41) is 0. The third kappa shape index (κ3) is 7.09. The van der Waals surface area contributed by atoms with Crippen LogP contribution in [0.3, 0.4) is 0 Å². The quantitative estimate of drug-likeness (QED) is 0.236. The first kappa shape index (κ1) is 23.8. The molecule has 0 N–H and O–H groups in total. The smallest absolute Gasteiger partial charge is 0.119 e. The summed E-state index contributed by atoms with van der Waals surface area (Å²) >= 11 is 0. The lowest BCUT2D eigenvalue weighted by molar-refractivity contribution is 0.309. The molecule has 0 spiro atoms. The summed E-state index contributed by atoms with van der Waals surface area (Å²) in [7, 11) is 0. The SMILES string of the molecule is C=CC(=C(c1ccccc1)c1ccc(OCCCC)cc1)N(CCCC)CCCC. The first-order valence-electron chi connectivity index (χ1n) is 11.6. The third-order valence-corrected chi connectivity index (χ3v) is 5.33. The van der Waals surface area contributed by atoms with E-state index in [1.165, 1.54) is 48.1 Å². The van der Waals surface area contributed by atoms with Gasteiger partial charge in [0.2, 0.25) is 0 Å². The molecule has 0 aliphatic rings. The number of benzene rings is 2. The largest absolute Gasteiger partial charge is 0.494 e. The molecule has 30 heavy (non-hydrogen) atoms. The predicted octanol–water partition coefficient (Wildman–Crippen LogP) is 7.71. The van der Waals surface area contributed by atoms with Gasteiger partial charge in [-0.1, -0.05) is 89.1 Å². The van der Waals surface area contributed by atoms with Crippen LogP contribution in [0.4, 0.5) is 0 Å². The van der Waals surface area contributed by atoms with Crippen LogP contribution >= 0.6 is 0 Å². The molecule has 2 nitrogen and oxygen atoms in total. The monoisotopic (exact) mass is 405 g/mol. The van der Waals surface area contributed by atoms with Gasteiger partial charge in [0.25, 0.3) is 0 Å². The molecule has 0 radical (unpaired) electrons. The summed E-state index contributed by atoms with van der Waals surface area (Å²) in [5.74, 6) is 0.939. The van der Waals surface area contributed by atoms with Crippen molar-refractivity contribution in [3.8, 4) is 5.75 Å². The molecule has 0 heterocycles. The second kappa shape index (κ2) is 13.7. The van der Waals surface area contributed by atoms with Gasteiger partial charge < -0.3 is 9.64 Å². The molecule has 0 aliphatic carbocycles. The van der Waals surface area contributed by atoms with Crippen molar-refractivity contribution >= 4 is 5.57 Å². The highest BCUT2D eigenvalue weighted by Crippen LogP contribution is 2.31. The number of unbranched alkanes of at least 4 members (excludes halogenated alkanes) is 3. The fraction of sp³-hybridized carbons (Fsp3) is 0.429. The molecule has 162 valence electrons. The Hall–Kier alpha value is -2.48. The van der Waals surface area contributed by atoms with Gasteiger partial charge >= 0.3 is 0 Å². The van der Waals surface area contributed by atoms with Gasteiger partial charge in [-0.15, -0.1) is 0 Å². The molecule has 0 aliphatic heterocycles. The van der Waals surface area contributed by atoms with Crippen molar-refractivity contribution in [2.45, 2.75) is 59.3 Å². The summed E-state index contributed by atoms with van der Waals surface area (Å²) < 4.78 is 5.88. The number of hydrogen-bond donors (Lipinski definition) is 0. The maximum Gasteiger partial charge on any atom is 0.119 e. The molecule has 0 fully saturated rings. The van der Waals surface area contributed by atoms with Crippen LogP contribution in [0.15, 0.2) is 72.9 Å². The molecular weight excluding hydrogens is 366 g/mol. The molecule has 0 saturated heterocycles. The van der Waals surface area contributed by atoms with Crippen molar-refractivity contribution in [3.05, 3.63) is 84.1 Å². The Bertz CT molecular complexity index is 753. The zero-order chi connectivity index (χ0) is 21.6. The summed E-state index contributed by atoms with van der Waals surface area (Å²) in [6, 6.07) is 19.3. The minimum absolute atomic E-state index is 0.775. The summed E-state index contributed by atoms with van der Waals surface area (Å²) in [6.07, 6.45) is 9.03. The van der Waals surface area contributed by atoms with Crippen LogP contribution in [0.1, 0.15) is 70.4 Å². The second-order valence-electron chi connectivity index (χ2n) is 7.75. The fourth-order valence-corrected chi connectivity index (χ4v) is 3.56. The Kier molecular flexibility index (Phi) is 10.9. The molecule has 0 atom stereocenters. The van der Waals surface area contributed by atoms with Crippen molar-refractivity contribution in [2.75, 3.05) is 19.7 Å². The lowest BCUT2D eigenvalue weighted by Crippen LogP contribution is -2.26. The third-order valence-electron chi connectivity index (χ3n) is 5.33. The van der Waals surface area contributed by atoms with E-state index in [4.69, 9.17) is 4.74 Å². The van der Waals surface area contributed by atoms with Crippen LogP contribution in [0, 0.1) is 0 Å². The molecule has 0 amide bonds. The van der Waals surface area contributed by atoms with Gasteiger partial charge in [-0.2, -0.15) is 0 Å². The fourth-order valence-electron chi connectivity index (χ4n) is 3.56. The highest BCUT2D eigenvalue weighted by atomic mass is 16.5. The van der Waals surface area contributed by atoms with Crippen LogP contribution in [0.5, 0.6) is 5.75 Å². The average Bonchev–Trinajstić information content (AvgIpc) is 2.79. The summed E-state index contributed by atoms with van der Waals surface area (Å²) in [4.78, 5) is 2.52. The van der Waals surface area contributed by atoms with Crippen molar-refractivity contribution in [1.82, 2.24) is 4.90 Å². The highest BCUT2D eigenvalue weighted by Gasteiger charge is 2.16. The summed E-state index contributed by atoms with van der Waals surface area (Å²) in [6.45, 7) is 13.8. The molecule has 2 heteroatoms. The van der Waals surface area contributed by atoms with E-state index in [2.05, 4.69) is 86.8 Å². The minimum atomic E-state index is 0.775. The van der Waals surface area contributed by atoms with Crippen molar-refractivity contribution in [3.63, 3.8) is 0 Å². The molecule has 0 aromatic heterocycles. The minimum Gasteiger partial charge on any atom is -0.494 e. The standard InChI is InChI=1S/C28H39NO/c1-5-9-21-29(22-10-6-2)27(8-4)28(24-15-13-12-14-16-24)25-17-19-26(20-18-25)30-23-11-7-3/h8,12-20H,4-7,9-11,21-23H2,1-3H3. The predicted molar refractivity (Wildman–Crippen MR) is 131 cm³/mol. The normalized spacial score (nSPS) is 11.7. The summed E-state index contributed by atoms with van der Waals surface area (Å²) in [5.41, 5.74) is 4.91. The Labute approximate surface area is 184 Å². The number of allylic oxidation sites excluding steroid dienone is 1. The topological polar surface area (TPSA) is 12.5 Å². The maximum atomic E-state index is 5.88. The first-order chi connectivity index (χ1) is 14.7. The zero-order valence-electron chi connectivity index (χ0n) is 19.2. The molecule has 0 saturated carbocycles. The van der Waals surface area contributed by atoms with E-state index >= 15 is 0 Å². The van der Waals surface area contributed by atoms with Crippen LogP contribution < -0.4 is 4.74 Å². The lowest BCUT2D eigenvalue weighted by atomic mass is 9.94. The van der Waals surface area contributed by atoms with E-state index in [9.17, 15) is 0 Å². The van der Waals surface area contributed by atoms with E-state index in [1.807, 2.05) is 6.08 Å². The van der Waals surface area contributed by atoms with E-state index in [1.54, 1.807) is 0 Å². The Morgan fingerprint density at radius 2 is 1.37 bits per heavy atom. The molecule has 2 rings (SSSR count). The van der Waals surface area contributed by atoms with E-state index in [-0.39, 0.29) is 0 Å². The Morgan fingerprint density at radius 1 is 0.800 bits per heavy atom. The Morgan fingerprint density at radius 3 is 1.90 bits per heavy atom. The van der Waals surface area contributed by atoms with Crippen LogP contribution in [0.25, 0.3) is 5.57 Å². The molecule has 0 unspecified atom stereocenters. The van der Waals surface area contributed by atoms with Gasteiger partial charge in [0.1, 0.15) is 5.75 Å². The van der Waals surface area contributed by atoms with E-state index < -0.39 is 0 Å². The highest BCUT2D eigenvalue weighted by molar-refractivity contribution is 5.83. The molecule has 2 aromatic rings. The van der Waals surface area contributed by atoms with E-state index in [0.29, 0.717) is 0 Å². The number of rotatable bonds is 14. The van der Waals surface area contributed by atoms with Crippen LogP contribution in [0.2, 0.25) is 0 Å². The van der Waals surface area contributed by atoms with Crippen molar-refractivity contribution in [2.24, 2.45) is 0 Å². The van der Waals surface area contributed by atoms with Gasteiger partial charge in [0, 0.05) is 24.4 Å².